The van der Waals surface area contributed by atoms with Crippen LogP contribution in [0.15, 0.2) is 36.5 Å². The molecule has 2 aromatic rings. The Labute approximate surface area is 124 Å². The third-order valence-electron chi connectivity index (χ3n) is 3.30. The Balaban J connectivity index is 1.87. The normalized spacial score (nSPS) is 10.9. The number of hydrogen-bond donors (Lipinski definition) is 2. The van der Waals surface area contributed by atoms with Gasteiger partial charge in [-0.1, -0.05) is 24.3 Å². The molecule has 0 aliphatic carbocycles. The topological polar surface area (TPSA) is 67.2 Å². The van der Waals surface area contributed by atoms with Gasteiger partial charge in [-0.15, -0.1) is 0 Å². The zero-order chi connectivity index (χ0) is 15.2. The SMILES string of the molecule is CC(C)n1nccc1C(=O)NCCc1ccc(CO)cc1. The number of aromatic nitrogens is 2. The Morgan fingerprint density at radius 3 is 2.52 bits per heavy atom. The van der Waals surface area contributed by atoms with E-state index in [1.807, 2.05) is 38.1 Å². The Hall–Kier alpha value is -2.14. The highest BCUT2D eigenvalue weighted by Crippen LogP contribution is 2.08. The number of carbonyl (C=O) groups excluding carboxylic acids is 1. The fourth-order valence-electron chi connectivity index (χ4n) is 2.13. The standard InChI is InChI=1S/C16H21N3O2/c1-12(2)19-15(8-10-18-19)16(21)17-9-7-13-3-5-14(11-20)6-4-13/h3-6,8,10,12,20H,7,9,11H2,1-2H3,(H,17,21). The first kappa shape index (κ1) is 15.3. The third kappa shape index (κ3) is 3.92. The average Bonchev–Trinajstić information content (AvgIpc) is 2.97. The highest BCUT2D eigenvalue weighted by molar-refractivity contribution is 5.92. The quantitative estimate of drug-likeness (QED) is 0.853. The van der Waals surface area contributed by atoms with E-state index in [2.05, 4.69) is 10.4 Å². The van der Waals surface area contributed by atoms with Crippen molar-refractivity contribution in [3.8, 4) is 0 Å². The van der Waals surface area contributed by atoms with Crippen LogP contribution < -0.4 is 5.32 Å². The van der Waals surface area contributed by atoms with E-state index in [4.69, 9.17) is 5.11 Å². The van der Waals surface area contributed by atoms with Crippen molar-refractivity contribution >= 4 is 5.91 Å². The molecule has 0 fully saturated rings. The van der Waals surface area contributed by atoms with Gasteiger partial charge in [-0.25, -0.2) is 0 Å². The molecule has 0 saturated carbocycles. The molecule has 0 aliphatic heterocycles. The number of aliphatic hydroxyl groups excluding tert-OH is 1. The summed E-state index contributed by atoms with van der Waals surface area (Å²) in [6.45, 7) is 4.61. The lowest BCUT2D eigenvalue weighted by molar-refractivity contribution is 0.0941. The zero-order valence-electron chi connectivity index (χ0n) is 12.4. The zero-order valence-corrected chi connectivity index (χ0v) is 12.4. The summed E-state index contributed by atoms with van der Waals surface area (Å²) < 4.78 is 1.71. The van der Waals surface area contributed by atoms with Gasteiger partial charge < -0.3 is 10.4 Å². The smallest absolute Gasteiger partial charge is 0.269 e. The Bertz CT molecular complexity index is 588. The maximum Gasteiger partial charge on any atom is 0.269 e. The maximum atomic E-state index is 12.1. The molecule has 2 rings (SSSR count). The highest BCUT2D eigenvalue weighted by atomic mass is 16.3. The van der Waals surface area contributed by atoms with Crippen molar-refractivity contribution in [1.29, 1.82) is 0 Å². The van der Waals surface area contributed by atoms with Gasteiger partial charge in [0.15, 0.2) is 0 Å². The van der Waals surface area contributed by atoms with Crippen molar-refractivity contribution in [2.45, 2.75) is 32.9 Å². The van der Waals surface area contributed by atoms with E-state index < -0.39 is 0 Å². The van der Waals surface area contributed by atoms with Crippen molar-refractivity contribution in [3.05, 3.63) is 53.3 Å². The molecule has 0 spiro atoms. The van der Waals surface area contributed by atoms with Crippen LogP contribution in [-0.4, -0.2) is 27.3 Å². The van der Waals surface area contributed by atoms with Crippen molar-refractivity contribution in [1.82, 2.24) is 15.1 Å². The van der Waals surface area contributed by atoms with Crippen LogP contribution in [0.2, 0.25) is 0 Å². The van der Waals surface area contributed by atoms with Gasteiger partial charge in [0.05, 0.1) is 6.61 Å². The summed E-state index contributed by atoms with van der Waals surface area (Å²) in [4.78, 5) is 12.1. The second kappa shape index (κ2) is 7.04. The average molecular weight is 287 g/mol. The van der Waals surface area contributed by atoms with Gasteiger partial charge in [-0.2, -0.15) is 5.10 Å². The van der Waals surface area contributed by atoms with E-state index >= 15 is 0 Å². The van der Waals surface area contributed by atoms with E-state index in [1.54, 1.807) is 16.9 Å². The Kier molecular flexibility index (Phi) is 5.11. The van der Waals surface area contributed by atoms with Crippen LogP contribution in [0.3, 0.4) is 0 Å². The molecule has 2 N–H and O–H groups in total. The number of amides is 1. The Morgan fingerprint density at radius 2 is 1.90 bits per heavy atom. The van der Waals surface area contributed by atoms with Crippen LogP contribution >= 0.6 is 0 Å². The van der Waals surface area contributed by atoms with Gasteiger partial charge in [0.2, 0.25) is 0 Å². The van der Waals surface area contributed by atoms with Crippen LogP contribution in [-0.2, 0) is 13.0 Å². The minimum Gasteiger partial charge on any atom is -0.392 e. The summed E-state index contributed by atoms with van der Waals surface area (Å²) in [6.07, 6.45) is 2.40. The van der Waals surface area contributed by atoms with Gasteiger partial charge in [-0.05, 0) is 37.5 Å². The van der Waals surface area contributed by atoms with E-state index in [0.717, 1.165) is 17.5 Å². The number of nitrogens with one attached hydrogen (secondary N) is 1. The predicted molar refractivity (Wildman–Crippen MR) is 81.0 cm³/mol. The summed E-state index contributed by atoms with van der Waals surface area (Å²) in [5.74, 6) is -0.104. The number of nitrogens with zero attached hydrogens (tertiary/aromatic N) is 2. The van der Waals surface area contributed by atoms with Crippen LogP contribution in [0.5, 0.6) is 0 Å². The number of hydrogen-bond acceptors (Lipinski definition) is 3. The van der Waals surface area contributed by atoms with Gasteiger partial charge in [0.1, 0.15) is 5.69 Å². The van der Waals surface area contributed by atoms with Crippen LogP contribution in [0.1, 0.15) is 41.5 Å². The van der Waals surface area contributed by atoms with Gasteiger partial charge in [-0.3, -0.25) is 9.48 Å². The molecule has 1 aromatic carbocycles. The summed E-state index contributed by atoms with van der Waals surface area (Å²) in [5.41, 5.74) is 2.61. The first-order chi connectivity index (χ1) is 10.1. The minimum absolute atomic E-state index is 0.0518. The third-order valence-corrected chi connectivity index (χ3v) is 3.30. The molecule has 5 heteroatoms. The van der Waals surface area contributed by atoms with E-state index in [9.17, 15) is 4.79 Å². The first-order valence-electron chi connectivity index (χ1n) is 7.12. The molecule has 0 bridgehead atoms. The number of aliphatic hydroxyl groups is 1. The summed E-state index contributed by atoms with van der Waals surface area (Å²) >= 11 is 0. The molecule has 0 radical (unpaired) electrons. The van der Waals surface area contributed by atoms with Crippen LogP contribution in [0, 0.1) is 0 Å². The second-order valence-electron chi connectivity index (χ2n) is 5.24. The lowest BCUT2D eigenvalue weighted by Gasteiger charge is -2.11. The molecule has 0 atom stereocenters. The molecule has 21 heavy (non-hydrogen) atoms. The van der Waals surface area contributed by atoms with E-state index in [0.29, 0.717) is 12.2 Å². The van der Waals surface area contributed by atoms with E-state index in [-0.39, 0.29) is 18.6 Å². The molecular formula is C16H21N3O2. The molecular weight excluding hydrogens is 266 g/mol. The first-order valence-corrected chi connectivity index (χ1v) is 7.12. The summed E-state index contributed by atoms with van der Waals surface area (Å²) in [6, 6.07) is 9.61. The molecule has 0 aliphatic rings. The molecule has 112 valence electrons. The molecule has 0 saturated heterocycles. The lowest BCUT2D eigenvalue weighted by Crippen LogP contribution is -2.28. The Morgan fingerprint density at radius 1 is 1.24 bits per heavy atom. The predicted octanol–water partition coefficient (Wildman–Crippen LogP) is 1.93. The second-order valence-corrected chi connectivity index (χ2v) is 5.24. The fraction of sp³-hybridized carbons (Fsp3) is 0.375. The molecule has 5 nitrogen and oxygen atoms in total. The van der Waals surface area contributed by atoms with Crippen LogP contribution in [0.25, 0.3) is 0 Å². The number of carbonyl (C=O) groups is 1. The lowest BCUT2D eigenvalue weighted by atomic mass is 10.1. The van der Waals surface area contributed by atoms with Gasteiger partial charge >= 0.3 is 0 Å². The number of benzene rings is 1. The fourth-order valence-corrected chi connectivity index (χ4v) is 2.13. The van der Waals surface area contributed by atoms with Crippen LogP contribution in [0.4, 0.5) is 0 Å². The molecule has 0 unspecified atom stereocenters. The largest absolute Gasteiger partial charge is 0.392 e. The van der Waals surface area contributed by atoms with Crippen molar-refractivity contribution in [3.63, 3.8) is 0 Å². The maximum absolute atomic E-state index is 12.1. The monoisotopic (exact) mass is 287 g/mol. The minimum atomic E-state index is -0.104. The van der Waals surface area contributed by atoms with Gasteiger partial charge in [0, 0.05) is 18.8 Å². The van der Waals surface area contributed by atoms with E-state index in [1.165, 1.54) is 0 Å². The molecule has 1 amide bonds. The summed E-state index contributed by atoms with van der Waals surface area (Å²) in [7, 11) is 0. The molecule has 1 heterocycles. The molecule has 1 aromatic heterocycles. The van der Waals surface area contributed by atoms with Crippen molar-refractivity contribution < 1.29 is 9.90 Å². The summed E-state index contributed by atoms with van der Waals surface area (Å²) in [5, 5.41) is 16.1. The highest BCUT2D eigenvalue weighted by Gasteiger charge is 2.13. The van der Waals surface area contributed by atoms with Gasteiger partial charge in [0.25, 0.3) is 5.91 Å². The van der Waals surface area contributed by atoms with Crippen molar-refractivity contribution in [2.75, 3.05) is 6.54 Å². The van der Waals surface area contributed by atoms with Crippen molar-refractivity contribution in [2.24, 2.45) is 0 Å². The number of rotatable bonds is 6.